The fourth-order valence-corrected chi connectivity index (χ4v) is 3.97. The zero-order valence-electron chi connectivity index (χ0n) is 17.3. The van der Waals surface area contributed by atoms with Crippen molar-refractivity contribution in [1.29, 1.82) is 0 Å². The highest BCUT2D eigenvalue weighted by Gasteiger charge is 2.25. The van der Waals surface area contributed by atoms with E-state index >= 15 is 0 Å². The molecule has 1 N–H and O–H groups in total. The minimum atomic E-state index is 0.121. The predicted octanol–water partition coefficient (Wildman–Crippen LogP) is 1.72. The Morgan fingerprint density at radius 1 is 1.10 bits per heavy atom. The second-order valence-electron chi connectivity index (χ2n) is 7.27. The van der Waals surface area contributed by atoms with Crippen LogP contribution in [0.25, 0.3) is 0 Å². The first kappa shape index (κ1) is 21.3. The Balaban J connectivity index is 1.54. The van der Waals surface area contributed by atoms with E-state index in [-0.39, 0.29) is 5.91 Å². The van der Waals surface area contributed by atoms with Crippen LogP contribution in [0.4, 0.5) is 5.69 Å². The van der Waals surface area contributed by atoms with Crippen molar-refractivity contribution in [1.82, 2.24) is 4.90 Å². The second-order valence-corrected chi connectivity index (χ2v) is 7.67. The molecule has 156 valence electrons. The third-order valence-corrected chi connectivity index (χ3v) is 5.70. The Labute approximate surface area is 177 Å². The lowest BCUT2D eigenvalue weighted by molar-refractivity contribution is -0.892. The summed E-state index contributed by atoms with van der Waals surface area (Å²) >= 11 is 6.31. The van der Waals surface area contributed by atoms with E-state index in [2.05, 4.69) is 4.90 Å². The number of amides is 1. The van der Waals surface area contributed by atoms with Crippen molar-refractivity contribution in [3.05, 3.63) is 53.1 Å². The summed E-state index contributed by atoms with van der Waals surface area (Å²) in [5.74, 6) is 1.47. The Kier molecular flexibility index (Phi) is 7.23. The molecular formula is C22H29ClN3O3+. The minimum Gasteiger partial charge on any atom is -0.493 e. The number of anilines is 1. The molecule has 1 heterocycles. The maximum absolute atomic E-state index is 12.8. The molecule has 1 aliphatic rings. The number of likely N-dealkylation sites (N-methyl/N-ethyl adjacent to an activating group) is 1. The van der Waals surface area contributed by atoms with Gasteiger partial charge in [0.25, 0.3) is 5.91 Å². The van der Waals surface area contributed by atoms with Gasteiger partial charge in [-0.1, -0.05) is 35.9 Å². The molecule has 2 aromatic rings. The highest BCUT2D eigenvalue weighted by atomic mass is 35.5. The van der Waals surface area contributed by atoms with Crippen LogP contribution in [0.2, 0.25) is 5.02 Å². The number of nitrogens with zero attached hydrogens (tertiary/aromatic N) is 2. The van der Waals surface area contributed by atoms with Crippen LogP contribution in [0, 0.1) is 0 Å². The average Bonchev–Trinajstić information content (AvgIpc) is 2.74. The number of nitrogens with one attached hydrogen (secondary N) is 1. The first-order valence-electron chi connectivity index (χ1n) is 9.80. The number of rotatable bonds is 7. The van der Waals surface area contributed by atoms with Gasteiger partial charge >= 0.3 is 0 Å². The first-order valence-corrected chi connectivity index (χ1v) is 10.2. The van der Waals surface area contributed by atoms with E-state index in [1.165, 1.54) is 4.90 Å². The Hall–Kier alpha value is -2.44. The summed E-state index contributed by atoms with van der Waals surface area (Å²) in [4.78, 5) is 18.1. The van der Waals surface area contributed by atoms with E-state index in [0.29, 0.717) is 24.6 Å². The van der Waals surface area contributed by atoms with Crippen molar-refractivity contribution >= 4 is 23.2 Å². The monoisotopic (exact) mass is 418 g/mol. The van der Waals surface area contributed by atoms with Gasteiger partial charge in [-0.15, -0.1) is 0 Å². The molecule has 0 aliphatic carbocycles. The van der Waals surface area contributed by atoms with E-state index in [1.807, 2.05) is 49.5 Å². The zero-order chi connectivity index (χ0) is 20.8. The van der Waals surface area contributed by atoms with Crippen molar-refractivity contribution in [2.45, 2.75) is 6.54 Å². The highest BCUT2D eigenvalue weighted by Crippen LogP contribution is 2.31. The number of quaternary nitrogens is 1. The van der Waals surface area contributed by atoms with Crippen LogP contribution in [0.15, 0.2) is 42.5 Å². The number of halogens is 1. The molecule has 1 aliphatic heterocycles. The van der Waals surface area contributed by atoms with Gasteiger partial charge in [-0.2, -0.15) is 0 Å². The fourth-order valence-electron chi connectivity index (χ4n) is 3.72. The Bertz CT molecular complexity index is 838. The molecule has 1 fully saturated rings. The topological polar surface area (TPSA) is 46.5 Å². The quantitative estimate of drug-likeness (QED) is 0.743. The molecule has 0 spiro atoms. The Morgan fingerprint density at radius 3 is 2.48 bits per heavy atom. The summed E-state index contributed by atoms with van der Waals surface area (Å²) < 4.78 is 10.8. The van der Waals surface area contributed by atoms with Gasteiger partial charge in [-0.3, -0.25) is 4.79 Å². The van der Waals surface area contributed by atoms with Crippen molar-refractivity contribution in [2.24, 2.45) is 0 Å². The molecule has 0 bridgehead atoms. The summed E-state index contributed by atoms with van der Waals surface area (Å²) in [6.45, 7) is 4.57. The summed E-state index contributed by atoms with van der Waals surface area (Å²) in [5, 5.41) is 0.777. The number of piperazine rings is 1. The van der Waals surface area contributed by atoms with Gasteiger partial charge in [0.15, 0.2) is 18.0 Å². The van der Waals surface area contributed by atoms with Crippen LogP contribution in [-0.2, 0) is 11.3 Å². The molecule has 2 aromatic carbocycles. The van der Waals surface area contributed by atoms with Gasteiger partial charge in [-0.25, -0.2) is 0 Å². The van der Waals surface area contributed by atoms with Crippen LogP contribution in [0.3, 0.4) is 0 Å². The van der Waals surface area contributed by atoms with Crippen molar-refractivity contribution in [3.63, 3.8) is 0 Å². The predicted molar refractivity (Wildman–Crippen MR) is 115 cm³/mol. The van der Waals surface area contributed by atoms with Gasteiger partial charge in [-0.05, 0) is 18.2 Å². The normalized spacial score (nSPS) is 14.6. The number of hydrogen-bond donors (Lipinski definition) is 1. The molecule has 0 atom stereocenters. The van der Waals surface area contributed by atoms with Gasteiger partial charge in [0, 0.05) is 19.2 Å². The third-order valence-electron chi connectivity index (χ3n) is 5.38. The Morgan fingerprint density at radius 2 is 1.83 bits per heavy atom. The van der Waals surface area contributed by atoms with Gasteiger partial charge in [0.1, 0.15) is 0 Å². The van der Waals surface area contributed by atoms with Crippen molar-refractivity contribution in [2.75, 3.05) is 58.9 Å². The molecule has 0 unspecified atom stereocenters. The smallest absolute Gasteiger partial charge is 0.277 e. The van der Waals surface area contributed by atoms with Crippen molar-refractivity contribution in [3.8, 4) is 11.5 Å². The zero-order valence-corrected chi connectivity index (χ0v) is 18.0. The van der Waals surface area contributed by atoms with Crippen LogP contribution in [-0.4, -0.2) is 64.8 Å². The van der Waals surface area contributed by atoms with Crippen LogP contribution in [0.1, 0.15) is 5.56 Å². The number of benzene rings is 2. The van der Waals surface area contributed by atoms with E-state index in [1.54, 1.807) is 19.1 Å². The minimum absolute atomic E-state index is 0.121. The van der Waals surface area contributed by atoms with Gasteiger partial charge < -0.3 is 24.2 Å². The molecule has 7 heteroatoms. The van der Waals surface area contributed by atoms with E-state index in [0.717, 1.165) is 42.5 Å². The highest BCUT2D eigenvalue weighted by molar-refractivity contribution is 6.33. The summed E-state index contributed by atoms with van der Waals surface area (Å²) in [7, 11) is 5.06. The lowest BCUT2D eigenvalue weighted by atomic mass is 10.1. The molecule has 0 saturated carbocycles. The largest absolute Gasteiger partial charge is 0.493 e. The number of carbonyl (C=O) groups is 1. The molecule has 6 nitrogen and oxygen atoms in total. The molecule has 3 rings (SSSR count). The number of para-hydroxylation sites is 2. The lowest BCUT2D eigenvalue weighted by Gasteiger charge is -2.34. The van der Waals surface area contributed by atoms with E-state index in [4.69, 9.17) is 21.1 Å². The molecule has 0 aromatic heterocycles. The molecule has 29 heavy (non-hydrogen) atoms. The summed E-state index contributed by atoms with van der Waals surface area (Å²) in [6, 6.07) is 13.6. The number of ether oxygens (including phenoxy) is 2. The number of methoxy groups -OCH3 is 2. The average molecular weight is 419 g/mol. The van der Waals surface area contributed by atoms with E-state index in [9.17, 15) is 4.79 Å². The van der Waals surface area contributed by atoms with Crippen molar-refractivity contribution < 1.29 is 19.2 Å². The summed E-state index contributed by atoms with van der Waals surface area (Å²) in [6.07, 6.45) is 0. The third kappa shape index (κ3) is 5.14. The van der Waals surface area contributed by atoms with Gasteiger partial charge in [0.05, 0.1) is 51.1 Å². The standard InChI is InChI=1S/C22H28ClN3O3/c1-24(15-17-7-6-10-20(28-2)22(17)29-3)21(27)16-25-11-13-26(14-12-25)19-9-5-4-8-18(19)23/h4-10H,11-16H2,1-3H3/p+1. The maximum Gasteiger partial charge on any atom is 0.277 e. The SMILES string of the molecule is COc1cccc(CN(C)C(=O)C[NH+]2CCN(c3ccccc3Cl)CC2)c1OC. The molecular weight excluding hydrogens is 390 g/mol. The van der Waals surface area contributed by atoms with E-state index < -0.39 is 0 Å². The number of hydrogen-bond acceptors (Lipinski definition) is 4. The molecule has 0 radical (unpaired) electrons. The second kappa shape index (κ2) is 9.85. The van der Waals surface area contributed by atoms with Crippen LogP contribution in [0.5, 0.6) is 11.5 Å². The van der Waals surface area contributed by atoms with Crippen LogP contribution < -0.4 is 19.3 Å². The van der Waals surface area contributed by atoms with Gasteiger partial charge in [0.2, 0.25) is 0 Å². The summed E-state index contributed by atoms with van der Waals surface area (Å²) in [5.41, 5.74) is 2.00. The molecule has 1 saturated heterocycles. The lowest BCUT2D eigenvalue weighted by Crippen LogP contribution is -3.15. The maximum atomic E-state index is 12.8. The number of carbonyl (C=O) groups excluding carboxylic acids is 1. The fraction of sp³-hybridized carbons (Fsp3) is 0.409. The molecule has 1 amide bonds. The van der Waals surface area contributed by atoms with Crippen LogP contribution >= 0.6 is 11.6 Å². The first-order chi connectivity index (χ1) is 14.0.